The molecule has 24 heavy (non-hydrogen) atoms. The zero-order chi connectivity index (χ0) is 17.7. The van der Waals surface area contributed by atoms with Crippen LogP contribution in [-0.2, 0) is 25.8 Å². The van der Waals surface area contributed by atoms with Crippen molar-refractivity contribution in [2.45, 2.75) is 11.3 Å². The van der Waals surface area contributed by atoms with E-state index in [4.69, 9.17) is 4.74 Å². The maximum absolute atomic E-state index is 12.8. The number of Topliss-reactive ketones (excluding diaryl/α,β-unsaturated/α-hetero) is 1. The number of hydrogen-bond donors (Lipinski definition) is 0. The van der Waals surface area contributed by atoms with Crippen LogP contribution in [0.3, 0.4) is 0 Å². The van der Waals surface area contributed by atoms with E-state index in [-0.39, 0.29) is 16.9 Å². The highest BCUT2D eigenvalue weighted by Crippen LogP contribution is 2.11. The Labute approximate surface area is 139 Å². The van der Waals surface area contributed by atoms with Crippen molar-refractivity contribution in [1.82, 2.24) is 0 Å². The molecule has 2 aromatic rings. The van der Waals surface area contributed by atoms with Gasteiger partial charge in [0.2, 0.25) is 0 Å². The molecular weight excluding hydrogens is 335 g/mol. The van der Waals surface area contributed by atoms with E-state index in [0.717, 1.165) is 6.26 Å². The molecule has 0 unspecified atom stereocenters. The van der Waals surface area contributed by atoms with Gasteiger partial charge in [-0.1, -0.05) is 12.1 Å². The second-order valence-corrected chi connectivity index (χ2v) is 7.20. The van der Waals surface area contributed by atoms with Gasteiger partial charge >= 0.3 is 5.97 Å². The van der Waals surface area contributed by atoms with Gasteiger partial charge in [0.15, 0.2) is 22.2 Å². The Bertz CT molecular complexity index is 840. The van der Waals surface area contributed by atoms with Crippen molar-refractivity contribution in [3.63, 3.8) is 0 Å². The largest absolute Gasteiger partial charge is 0.457 e. The molecule has 126 valence electrons. The molecular formula is C17H15FO5S. The number of ether oxygens (including phenoxy) is 1. The second kappa shape index (κ2) is 7.35. The van der Waals surface area contributed by atoms with Crippen molar-refractivity contribution in [2.24, 2.45) is 0 Å². The molecule has 0 aliphatic rings. The van der Waals surface area contributed by atoms with E-state index in [9.17, 15) is 22.4 Å². The van der Waals surface area contributed by atoms with Gasteiger partial charge in [-0.3, -0.25) is 9.59 Å². The molecule has 0 radical (unpaired) electrons. The maximum atomic E-state index is 12.8. The van der Waals surface area contributed by atoms with E-state index in [1.165, 1.54) is 48.5 Å². The summed E-state index contributed by atoms with van der Waals surface area (Å²) in [6, 6.07) is 10.8. The van der Waals surface area contributed by atoms with Crippen LogP contribution >= 0.6 is 0 Å². The van der Waals surface area contributed by atoms with Gasteiger partial charge < -0.3 is 4.74 Å². The van der Waals surface area contributed by atoms with Gasteiger partial charge in [0, 0.05) is 11.8 Å². The Morgan fingerprint density at radius 1 is 1.00 bits per heavy atom. The van der Waals surface area contributed by atoms with Crippen LogP contribution < -0.4 is 0 Å². The van der Waals surface area contributed by atoms with Gasteiger partial charge in [0.1, 0.15) is 5.82 Å². The van der Waals surface area contributed by atoms with Crippen molar-refractivity contribution >= 4 is 21.6 Å². The summed E-state index contributed by atoms with van der Waals surface area (Å²) >= 11 is 0. The lowest BCUT2D eigenvalue weighted by atomic mass is 10.1. The number of carbonyl (C=O) groups is 2. The van der Waals surface area contributed by atoms with E-state index in [1.807, 2.05) is 0 Å². The van der Waals surface area contributed by atoms with Crippen molar-refractivity contribution in [3.8, 4) is 0 Å². The third-order valence-corrected chi connectivity index (χ3v) is 4.36. The molecule has 5 nitrogen and oxygen atoms in total. The Morgan fingerprint density at radius 2 is 1.58 bits per heavy atom. The zero-order valence-electron chi connectivity index (χ0n) is 12.9. The highest BCUT2D eigenvalue weighted by molar-refractivity contribution is 7.90. The molecule has 0 bridgehead atoms. The molecule has 2 aromatic carbocycles. The number of rotatable bonds is 6. The van der Waals surface area contributed by atoms with Crippen LogP contribution in [0.4, 0.5) is 4.39 Å². The SMILES string of the molecule is CS(=O)(=O)c1ccc(C(=O)COC(=O)Cc2ccc(F)cc2)cc1. The Kier molecular flexibility index (Phi) is 5.46. The van der Waals surface area contributed by atoms with Gasteiger partial charge in [-0.05, 0) is 42.0 Å². The molecule has 0 fully saturated rings. The first-order valence-corrected chi connectivity index (χ1v) is 8.88. The molecule has 0 amide bonds. The summed E-state index contributed by atoms with van der Waals surface area (Å²) in [6.07, 6.45) is 1.00. The molecule has 0 aromatic heterocycles. The number of benzene rings is 2. The fraction of sp³-hybridized carbons (Fsp3) is 0.176. The minimum Gasteiger partial charge on any atom is -0.457 e. The topological polar surface area (TPSA) is 77.5 Å². The summed E-state index contributed by atoms with van der Waals surface area (Å²) in [4.78, 5) is 23.7. The van der Waals surface area contributed by atoms with E-state index in [0.29, 0.717) is 5.56 Å². The number of esters is 1. The van der Waals surface area contributed by atoms with Crippen LogP contribution in [0.25, 0.3) is 0 Å². The quantitative estimate of drug-likeness (QED) is 0.590. The number of sulfone groups is 1. The van der Waals surface area contributed by atoms with E-state index >= 15 is 0 Å². The summed E-state index contributed by atoms with van der Waals surface area (Å²) in [6.45, 7) is -0.446. The summed E-state index contributed by atoms with van der Waals surface area (Å²) in [5.74, 6) is -1.45. The van der Waals surface area contributed by atoms with Gasteiger partial charge in [-0.15, -0.1) is 0 Å². The van der Waals surface area contributed by atoms with Crippen molar-refractivity contribution in [1.29, 1.82) is 0 Å². The molecule has 0 aliphatic carbocycles. The van der Waals surface area contributed by atoms with E-state index < -0.39 is 34.0 Å². The van der Waals surface area contributed by atoms with Gasteiger partial charge in [0.25, 0.3) is 0 Å². The monoisotopic (exact) mass is 350 g/mol. The van der Waals surface area contributed by atoms with Crippen LogP contribution in [-0.4, -0.2) is 33.0 Å². The molecule has 7 heteroatoms. The first kappa shape index (κ1) is 17.8. The van der Waals surface area contributed by atoms with Crippen LogP contribution in [0, 0.1) is 5.82 Å². The Morgan fingerprint density at radius 3 is 2.12 bits per heavy atom. The highest BCUT2D eigenvalue weighted by Gasteiger charge is 2.12. The summed E-state index contributed by atoms with van der Waals surface area (Å²) < 4.78 is 40.4. The fourth-order valence-electron chi connectivity index (χ4n) is 1.94. The molecule has 0 atom stereocenters. The zero-order valence-corrected chi connectivity index (χ0v) is 13.7. The van der Waals surface area contributed by atoms with Crippen LogP contribution in [0.5, 0.6) is 0 Å². The van der Waals surface area contributed by atoms with Crippen LogP contribution in [0.2, 0.25) is 0 Å². The number of ketones is 1. The van der Waals surface area contributed by atoms with Gasteiger partial charge in [-0.25, -0.2) is 12.8 Å². The van der Waals surface area contributed by atoms with Crippen LogP contribution in [0.1, 0.15) is 15.9 Å². The third-order valence-electron chi connectivity index (χ3n) is 3.23. The summed E-state index contributed by atoms with van der Waals surface area (Å²) in [5.41, 5.74) is 0.823. The Balaban J connectivity index is 1.90. The van der Waals surface area contributed by atoms with Gasteiger partial charge in [0.05, 0.1) is 11.3 Å². The first-order valence-electron chi connectivity index (χ1n) is 6.99. The molecule has 0 N–H and O–H groups in total. The van der Waals surface area contributed by atoms with E-state index in [2.05, 4.69) is 0 Å². The first-order chi connectivity index (χ1) is 11.3. The predicted octanol–water partition coefficient (Wildman–Crippen LogP) is 2.20. The lowest BCUT2D eigenvalue weighted by molar-refractivity contribution is -0.141. The maximum Gasteiger partial charge on any atom is 0.310 e. The van der Waals surface area contributed by atoms with Gasteiger partial charge in [-0.2, -0.15) is 0 Å². The normalized spacial score (nSPS) is 11.1. The molecule has 0 saturated carbocycles. The average molecular weight is 350 g/mol. The summed E-state index contributed by atoms with van der Waals surface area (Å²) in [7, 11) is -3.33. The summed E-state index contributed by atoms with van der Waals surface area (Å²) in [5, 5.41) is 0. The second-order valence-electron chi connectivity index (χ2n) is 5.18. The van der Waals surface area contributed by atoms with E-state index in [1.54, 1.807) is 0 Å². The predicted molar refractivity (Wildman–Crippen MR) is 84.9 cm³/mol. The lowest BCUT2D eigenvalue weighted by Gasteiger charge is -2.05. The van der Waals surface area contributed by atoms with Crippen molar-refractivity contribution in [3.05, 3.63) is 65.5 Å². The average Bonchev–Trinajstić information content (AvgIpc) is 2.54. The fourth-order valence-corrected chi connectivity index (χ4v) is 2.57. The van der Waals surface area contributed by atoms with Crippen LogP contribution in [0.15, 0.2) is 53.4 Å². The molecule has 0 spiro atoms. The van der Waals surface area contributed by atoms with Crippen molar-refractivity contribution < 1.29 is 27.1 Å². The molecule has 0 saturated heterocycles. The minimum absolute atomic E-state index is 0.0689. The smallest absolute Gasteiger partial charge is 0.310 e. The standard InChI is InChI=1S/C17H15FO5S/c1-24(21,22)15-8-4-13(5-9-15)16(19)11-23-17(20)10-12-2-6-14(18)7-3-12/h2-9H,10-11H2,1H3. The highest BCUT2D eigenvalue weighted by atomic mass is 32.2. The third kappa shape index (κ3) is 4.99. The van der Waals surface area contributed by atoms with Crippen molar-refractivity contribution in [2.75, 3.05) is 12.9 Å². The number of carbonyl (C=O) groups excluding carboxylic acids is 2. The Hall–Kier alpha value is -2.54. The minimum atomic E-state index is -3.33. The number of halogens is 1. The molecule has 2 rings (SSSR count). The molecule has 0 heterocycles. The lowest BCUT2D eigenvalue weighted by Crippen LogP contribution is -2.15. The molecule has 0 aliphatic heterocycles. The number of hydrogen-bond acceptors (Lipinski definition) is 5.